The van der Waals surface area contributed by atoms with Crippen molar-refractivity contribution < 1.29 is 14.3 Å². The summed E-state index contributed by atoms with van der Waals surface area (Å²) in [5.74, 6) is -1.57. The van der Waals surface area contributed by atoms with Crippen molar-refractivity contribution in [2.45, 2.75) is 40.3 Å². The van der Waals surface area contributed by atoms with Crippen molar-refractivity contribution in [1.82, 2.24) is 5.32 Å². The van der Waals surface area contributed by atoms with Crippen LogP contribution in [0.15, 0.2) is 28.7 Å². The van der Waals surface area contributed by atoms with Crippen molar-refractivity contribution in [1.29, 1.82) is 0 Å². The van der Waals surface area contributed by atoms with Gasteiger partial charge in [0.2, 0.25) is 0 Å². The Hall–Kier alpha value is -1.36. The number of benzene rings is 1. The standard InChI is InChI=1S/C15H20BrNO3/c1-10(15(2,3)4)20-14(19)13(18)17-9-11-6-5-7-12(16)8-11/h5-8,10H,9H2,1-4H3,(H,17,18)/t10-/m1/s1. The minimum absolute atomic E-state index is 0.194. The summed E-state index contributed by atoms with van der Waals surface area (Å²) in [5, 5.41) is 2.55. The number of nitrogens with one attached hydrogen (secondary N) is 1. The first-order valence-corrected chi connectivity index (χ1v) is 7.22. The third-order valence-electron chi connectivity index (χ3n) is 3.03. The average Bonchev–Trinajstić information content (AvgIpc) is 2.34. The van der Waals surface area contributed by atoms with Gasteiger partial charge in [-0.15, -0.1) is 0 Å². The molecule has 0 unspecified atom stereocenters. The highest BCUT2D eigenvalue weighted by atomic mass is 79.9. The van der Waals surface area contributed by atoms with Crippen LogP contribution in [-0.2, 0) is 20.9 Å². The molecular formula is C15H20BrNO3. The fourth-order valence-electron chi connectivity index (χ4n) is 1.29. The molecule has 0 heterocycles. The van der Waals surface area contributed by atoms with Gasteiger partial charge in [-0.3, -0.25) is 4.79 Å². The van der Waals surface area contributed by atoms with E-state index in [4.69, 9.17) is 4.74 Å². The molecule has 0 aliphatic heterocycles. The van der Waals surface area contributed by atoms with Crippen LogP contribution in [0.1, 0.15) is 33.3 Å². The van der Waals surface area contributed by atoms with Crippen LogP contribution >= 0.6 is 15.9 Å². The van der Waals surface area contributed by atoms with Gasteiger partial charge in [-0.25, -0.2) is 4.79 Å². The molecule has 0 fully saturated rings. The van der Waals surface area contributed by atoms with Crippen LogP contribution < -0.4 is 5.32 Å². The molecule has 0 radical (unpaired) electrons. The number of carbonyl (C=O) groups excluding carboxylic acids is 2. The third kappa shape index (κ3) is 5.33. The fourth-order valence-corrected chi connectivity index (χ4v) is 1.74. The van der Waals surface area contributed by atoms with Gasteiger partial charge < -0.3 is 10.1 Å². The topological polar surface area (TPSA) is 55.4 Å². The van der Waals surface area contributed by atoms with E-state index in [1.165, 1.54) is 0 Å². The lowest BCUT2D eigenvalue weighted by molar-refractivity contribution is -0.162. The van der Waals surface area contributed by atoms with Crippen LogP contribution in [0, 0.1) is 5.41 Å². The summed E-state index contributed by atoms with van der Waals surface area (Å²) in [6.45, 7) is 7.91. The van der Waals surface area contributed by atoms with Crippen LogP contribution in [0.2, 0.25) is 0 Å². The molecule has 4 nitrogen and oxygen atoms in total. The molecule has 0 saturated carbocycles. The molecule has 0 aliphatic carbocycles. The monoisotopic (exact) mass is 341 g/mol. The van der Waals surface area contributed by atoms with Crippen molar-refractivity contribution in [2.75, 3.05) is 0 Å². The summed E-state index contributed by atoms with van der Waals surface area (Å²) in [6, 6.07) is 7.51. The summed E-state index contributed by atoms with van der Waals surface area (Å²) in [7, 11) is 0. The maximum Gasteiger partial charge on any atom is 0.397 e. The normalized spacial score (nSPS) is 12.7. The molecule has 1 atom stereocenters. The van der Waals surface area contributed by atoms with E-state index < -0.39 is 11.9 Å². The number of carbonyl (C=O) groups is 2. The Labute approximate surface area is 128 Å². The van der Waals surface area contributed by atoms with E-state index >= 15 is 0 Å². The van der Waals surface area contributed by atoms with E-state index in [2.05, 4.69) is 21.2 Å². The molecule has 1 amide bonds. The maximum absolute atomic E-state index is 11.7. The van der Waals surface area contributed by atoms with Gasteiger partial charge in [-0.2, -0.15) is 0 Å². The lowest BCUT2D eigenvalue weighted by Crippen LogP contribution is -2.37. The van der Waals surface area contributed by atoms with Gasteiger partial charge in [0.05, 0.1) is 0 Å². The average molecular weight is 342 g/mol. The maximum atomic E-state index is 11.7. The van der Waals surface area contributed by atoms with Crippen molar-refractivity contribution in [3.05, 3.63) is 34.3 Å². The molecule has 0 saturated heterocycles. The SMILES string of the molecule is C[C@@H](OC(=O)C(=O)NCc1cccc(Br)c1)C(C)(C)C. The minimum Gasteiger partial charge on any atom is -0.455 e. The van der Waals surface area contributed by atoms with E-state index in [0.717, 1.165) is 10.0 Å². The Morgan fingerprint density at radius 3 is 2.55 bits per heavy atom. The largest absolute Gasteiger partial charge is 0.455 e. The van der Waals surface area contributed by atoms with E-state index in [9.17, 15) is 9.59 Å². The summed E-state index contributed by atoms with van der Waals surface area (Å²) in [6.07, 6.45) is -0.327. The molecule has 1 aromatic carbocycles. The predicted octanol–water partition coefficient (Wildman–Crippen LogP) is 3.04. The Morgan fingerprint density at radius 1 is 1.35 bits per heavy atom. The number of hydrogen-bond donors (Lipinski definition) is 1. The summed E-state index contributed by atoms with van der Waals surface area (Å²) in [5.41, 5.74) is 0.713. The van der Waals surface area contributed by atoms with Crippen LogP contribution in [0.4, 0.5) is 0 Å². The van der Waals surface area contributed by atoms with Gasteiger partial charge in [-0.05, 0) is 30.0 Å². The zero-order valence-electron chi connectivity index (χ0n) is 12.2. The predicted molar refractivity (Wildman–Crippen MR) is 81.0 cm³/mol. The second-order valence-electron chi connectivity index (χ2n) is 5.73. The van der Waals surface area contributed by atoms with Crippen LogP contribution in [0.5, 0.6) is 0 Å². The number of amides is 1. The molecule has 20 heavy (non-hydrogen) atoms. The number of ether oxygens (including phenoxy) is 1. The highest BCUT2D eigenvalue weighted by molar-refractivity contribution is 9.10. The first-order valence-electron chi connectivity index (χ1n) is 6.43. The van der Waals surface area contributed by atoms with E-state index in [1.807, 2.05) is 45.0 Å². The summed E-state index contributed by atoms with van der Waals surface area (Å²) >= 11 is 3.35. The van der Waals surface area contributed by atoms with E-state index in [1.54, 1.807) is 6.92 Å². The zero-order valence-corrected chi connectivity index (χ0v) is 13.8. The van der Waals surface area contributed by atoms with Crippen molar-refractivity contribution in [3.63, 3.8) is 0 Å². The molecule has 5 heteroatoms. The third-order valence-corrected chi connectivity index (χ3v) is 3.52. The van der Waals surface area contributed by atoms with Crippen LogP contribution in [0.25, 0.3) is 0 Å². The van der Waals surface area contributed by atoms with E-state index in [0.29, 0.717) is 0 Å². The number of esters is 1. The number of rotatable bonds is 3. The molecule has 1 aromatic rings. The molecular weight excluding hydrogens is 322 g/mol. The molecule has 1 rings (SSSR count). The summed E-state index contributed by atoms with van der Waals surface area (Å²) < 4.78 is 6.05. The fraction of sp³-hybridized carbons (Fsp3) is 0.467. The zero-order chi connectivity index (χ0) is 15.3. The first kappa shape index (κ1) is 16.7. The molecule has 1 N–H and O–H groups in total. The minimum atomic E-state index is -0.845. The lowest BCUT2D eigenvalue weighted by Gasteiger charge is -2.26. The quantitative estimate of drug-likeness (QED) is 0.679. The van der Waals surface area contributed by atoms with Gasteiger partial charge in [0, 0.05) is 11.0 Å². The smallest absolute Gasteiger partial charge is 0.397 e. The Bertz CT molecular complexity index is 494. The lowest BCUT2D eigenvalue weighted by atomic mass is 9.90. The van der Waals surface area contributed by atoms with Crippen molar-refractivity contribution in [3.8, 4) is 0 Å². The van der Waals surface area contributed by atoms with Gasteiger partial charge in [0.15, 0.2) is 0 Å². The number of hydrogen-bond acceptors (Lipinski definition) is 3. The highest BCUT2D eigenvalue weighted by Gasteiger charge is 2.26. The van der Waals surface area contributed by atoms with Crippen LogP contribution in [0.3, 0.4) is 0 Å². The van der Waals surface area contributed by atoms with Gasteiger partial charge in [-0.1, -0.05) is 48.8 Å². The Morgan fingerprint density at radius 2 is 2.00 bits per heavy atom. The van der Waals surface area contributed by atoms with Crippen molar-refractivity contribution in [2.24, 2.45) is 5.41 Å². The molecule has 0 bridgehead atoms. The second-order valence-corrected chi connectivity index (χ2v) is 6.64. The first-order chi connectivity index (χ1) is 9.20. The van der Waals surface area contributed by atoms with Crippen molar-refractivity contribution >= 4 is 27.8 Å². The molecule has 0 spiro atoms. The highest BCUT2D eigenvalue weighted by Crippen LogP contribution is 2.21. The number of halogens is 1. The Balaban J connectivity index is 2.49. The molecule has 0 aliphatic rings. The van der Waals surface area contributed by atoms with Gasteiger partial charge in [0.25, 0.3) is 0 Å². The van der Waals surface area contributed by atoms with E-state index in [-0.39, 0.29) is 18.1 Å². The van der Waals surface area contributed by atoms with Gasteiger partial charge in [0.1, 0.15) is 6.10 Å². The second kappa shape index (κ2) is 6.88. The van der Waals surface area contributed by atoms with Gasteiger partial charge >= 0.3 is 11.9 Å². The molecule has 0 aromatic heterocycles. The van der Waals surface area contributed by atoms with Crippen LogP contribution in [-0.4, -0.2) is 18.0 Å². The Kier molecular flexibility index (Phi) is 5.74. The molecule has 110 valence electrons. The summed E-state index contributed by atoms with van der Waals surface area (Å²) in [4.78, 5) is 23.3.